The van der Waals surface area contributed by atoms with Crippen LogP contribution in [0.15, 0.2) is 47.8 Å². The molecule has 3 N–H and O–H groups in total. The van der Waals surface area contributed by atoms with Crippen LogP contribution in [0.5, 0.6) is 11.5 Å². The van der Waals surface area contributed by atoms with Gasteiger partial charge < -0.3 is 15.7 Å². The van der Waals surface area contributed by atoms with E-state index >= 15 is 0 Å². The van der Waals surface area contributed by atoms with E-state index in [4.69, 9.17) is 15.7 Å². The van der Waals surface area contributed by atoms with Crippen LogP contribution in [-0.4, -0.2) is 16.0 Å². The SMILES string of the molecule is N/C(=N/O)c1ccc(Oc2ccc(F)cc2)cn1. The summed E-state index contributed by atoms with van der Waals surface area (Å²) in [4.78, 5) is 3.95. The van der Waals surface area contributed by atoms with Crippen molar-refractivity contribution in [1.82, 2.24) is 4.98 Å². The Balaban J connectivity index is 2.13. The summed E-state index contributed by atoms with van der Waals surface area (Å²) in [6.45, 7) is 0. The summed E-state index contributed by atoms with van der Waals surface area (Å²) in [5.74, 6) is 0.553. The maximum Gasteiger partial charge on any atom is 0.188 e. The highest BCUT2D eigenvalue weighted by molar-refractivity contribution is 5.95. The topological polar surface area (TPSA) is 80.7 Å². The minimum Gasteiger partial charge on any atom is -0.456 e. The van der Waals surface area contributed by atoms with Crippen molar-refractivity contribution in [2.24, 2.45) is 10.9 Å². The third kappa shape index (κ3) is 2.73. The molecule has 2 rings (SSSR count). The van der Waals surface area contributed by atoms with E-state index in [2.05, 4.69) is 10.1 Å². The average Bonchev–Trinajstić information content (AvgIpc) is 2.41. The largest absolute Gasteiger partial charge is 0.456 e. The van der Waals surface area contributed by atoms with Gasteiger partial charge in [-0.2, -0.15) is 0 Å². The zero-order valence-corrected chi connectivity index (χ0v) is 9.25. The van der Waals surface area contributed by atoms with Crippen molar-refractivity contribution >= 4 is 5.84 Å². The predicted molar refractivity (Wildman–Crippen MR) is 63.2 cm³/mol. The predicted octanol–water partition coefficient (Wildman–Crippen LogP) is 2.11. The summed E-state index contributed by atoms with van der Waals surface area (Å²) in [6.07, 6.45) is 1.43. The molecule has 0 atom stereocenters. The molecule has 0 bridgehead atoms. The summed E-state index contributed by atoms with van der Waals surface area (Å²) in [7, 11) is 0. The zero-order valence-electron chi connectivity index (χ0n) is 9.25. The van der Waals surface area contributed by atoms with Gasteiger partial charge in [0.05, 0.1) is 6.20 Å². The Kier molecular flexibility index (Phi) is 3.38. The molecule has 0 radical (unpaired) electrons. The molecule has 0 saturated heterocycles. The normalized spacial score (nSPS) is 11.3. The Morgan fingerprint density at radius 2 is 1.83 bits per heavy atom. The van der Waals surface area contributed by atoms with Crippen LogP contribution in [0.1, 0.15) is 5.69 Å². The van der Waals surface area contributed by atoms with Crippen molar-refractivity contribution in [1.29, 1.82) is 0 Å². The van der Waals surface area contributed by atoms with E-state index in [0.29, 0.717) is 17.2 Å². The molecule has 1 heterocycles. The third-order valence-electron chi connectivity index (χ3n) is 2.16. The summed E-state index contributed by atoms with van der Waals surface area (Å²) in [5.41, 5.74) is 5.71. The number of hydrogen-bond acceptors (Lipinski definition) is 4. The van der Waals surface area contributed by atoms with Gasteiger partial charge in [0.1, 0.15) is 23.0 Å². The molecule has 0 aliphatic rings. The maximum atomic E-state index is 12.7. The number of aromatic nitrogens is 1. The van der Waals surface area contributed by atoms with Crippen LogP contribution >= 0.6 is 0 Å². The molecule has 5 nitrogen and oxygen atoms in total. The molecule has 6 heteroatoms. The van der Waals surface area contributed by atoms with Crippen LogP contribution in [0.25, 0.3) is 0 Å². The smallest absolute Gasteiger partial charge is 0.188 e. The highest BCUT2D eigenvalue weighted by atomic mass is 19.1. The van der Waals surface area contributed by atoms with E-state index < -0.39 is 0 Å². The highest BCUT2D eigenvalue weighted by Crippen LogP contribution is 2.20. The van der Waals surface area contributed by atoms with Gasteiger partial charge in [0.2, 0.25) is 0 Å². The van der Waals surface area contributed by atoms with Crippen molar-refractivity contribution in [2.75, 3.05) is 0 Å². The van der Waals surface area contributed by atoms with E-state index in [9.17, 15) is 4.39 Å². The number of nitrogens with two attached hydrogens (primary N) is 1. The second-order valence-corrected chi connectivity index (χ2v) is 3.42. The first-order valence-corrected chi connectivity index (χ1v) is 5.06. The van der Waals surface area contributed by atoms with Crippen LogP contribution < -0.4 is 10.5 Å². The quantitative estimate of drug-likeness (QED) is 0.376. The number of hydrogen-bond donors (Lipinski definition) is 2. The molecule has 0 amide bonds. The van der Waals surface area contributed by atoms with Gasteiger partial charge in [-0.25, -0.2) is 9.37 Å². The first kappa shape index (κ1) is 11.8. The number of rotatable bonds is 3. The Labute approximate surface area is 102 Å². The van der Waals surface area contributed by atoms with Crippen LogP contribution in [0.2, 0.25) is 0 Å². The lowest BCUT2D eigenvalue weighted by atomic mass is 10.3. The van der Waals surface area contributed by atoms with Crippen molar-refractivity contribution < 1.29 is 14.3 Å². The Bertz CT molecular complexity index is 553. The number of oxime groups is 1. The molecule has 0 aliphatic carbocycles. The summed E-state index contributed by atoms with van der Waals surface area (Å²) in [6, 6.07) is 8.78. The van der Waals surface area contributed by atoms with E-state index in [1.54, 1.807) is 12.1 Å². The minimum absolute atomic E-state index is 0.0802. The first-order chi connectivity index (χ1) is 8.69. The molecule has 0 fully saturated rings. The lowest BCUT2D eigenvalue weighted by Crippen LogP contribution is -2.14. The molecular formula is C12H10FN3O2. The molecule has 1 aromatic heterocycles. The van der Waals surface area contributed by atoms with E-state index in [-0.39, 0.29) is 11.7 Å². The molecule has 0 saturated carbocycles. The van der Waals surface area contributed by atoms with Crippen LogP contribution in [0.3, 0.4) is 0 Å². The Morgan fingerprint density at radius 3 is 2.39 bits per heavy atom. The minimum atomic E-state index is -0.331. The lowest BCUT2D eigenvalue weighted by Gasteiger charge is -2.05. The molecule has 0 spiro atoms. The first-order valence-electron chi connectivity index (χ1n) is 5.06. The van der Waals surface area contributed by atoms with Crippen molar-refractivity contribution in [3.8, 4) is 11.5 Å². The van der Waals surface area contributed by atoms with Gasteiger partial charge in [0, 0.05) is 0 Å². The van der Waals surface area contributed by atoms with Gasteiger partial charge in [-0.05, 0) is 36.4 Å². The van der Waals surface area contributed by atoms with Gasteiger partial charge in [0.25, 0.3) is 0 Å². The maximum absolute atomic E-state index is 12.7. The molecule has 1 aromatic carbocycles. The average molecular weight is 247 g/mol. The summed E-state index contributed by atoms with van der Waals surface area (Å²) < 4.78 is 18.1. The second-order valence-electron chi connectivity index (χ2n) is 3.42. The zero-order chi connectivity index (χ0) is 13.0. The van der Waals surface area contributed by atoms with E-state index in [1.807, 2.05) is 0 Å². The van der Waals surface area contributed by atoms with Gasteiger partial charge in [0.15, 0.2) is 5.84 Å². The van der Waals surface area contributed by atoms with Crippen molar-refractivity contribution in [3.63, 3.8) is 0 Å². The monoisotopic (exact) mass is 247 g/mol. The fraction of sp³-hybridized carbons (Fsp3) is 0. The number of ether oxygens (including phenoxy) is 1. The fourth-order valence-corrected chi connectivity index (χ4v) is 1.28. The number of amidine groups is 1. The Hall–Kier alpha value is -2.63. The summed E-state index contributed by atoms with van der Waals surface area (Å²) >= 11 is 0. The van der Waals surface area contributed by atoms with Gasteiger partial charge >= 0.3 is 0 Å². The van der Waals surface area contributed by atoms with E-state index in [0.717, 1.165) is 0 Å². The number of pyridine rings is 1. The Morgan fingerprint density at radius 1 is 1.17 bits per heavy atom. The molecule has 0 unspecified atom stereocenters. The van der Waals surface area contributed by atoms with Crippen LogP contribution in [-0.2, 0) is 0 Å². The highest BCUT2D eigenvalue weighted by Gasteiger charge is 2.02. The van der Waals surface area contributed by atoms with Crippen molar-refractivity contribution in [2.45, 2.75) is 0 Å². The van der Waals surface area contributed by atoms with Gasteiger partial charge in [-0.1, -0.05) is 5.16 Å². The standard InChI is InChI=1S/C12H10FN3O2/c13-8-1-3-9(4-2-8)18-10-5-6-11(15-7-10)12(14)16-17/h1-7,17H,(H2,14,16). The number of nitrogens with zero attached hydrogens (tertiary/aromatic N) is 2. The molecule has 0 aliphatic heterocycles. The number of benzene rings is 1. The van der Waals surface area contributed by atoms with Crippen LogP contribution in [0, 0.1) is 5.82 Å². The van der Waals surface area contributed by atoms with Gasteiger partial charge in [-0.15, -0.1) is 0 Å². The molecular weight excluding hydrogens is 237 g/mol. The van der Waals surface area contributed by atoms with Crippen molar-refractivity contribution in [3.05, 3.63) is 54.1 Å². The summed E-state index contributed by atoms with van der Waals surface area (Å²) in [5, 5.41) is 11.3. The third-order valence-corrected chi connectivity index (χ3v) is 2.16. The fourth-order valence-electron chi connectivity index (χ4n) is 1.28. The molecule has 2 aromatic rings. The molecule has 92 valence electrons. The van der Waals surface area contributed by atoms with Crippen LogP contribution in [0.4, 0.5) is 4.39 Å². The number of halogens is 1. The lowest BCUT2D eigenvalue weighted by molar-refractivity contribution is 0.318. The van der Waals surface area contributed by atoms with E-state index in [1.165, 1.54) is 30.5 Å². The molecule has 18 heavy (non-hydrogen) atoms. The second kappa shape index (κ2) is 5.13. The van der Waals surface area contributed by atoms with Gasteiger partial charge in [-0.3, -0.25) is 0 Å².